The van der Waals surface area contributed by atoms with Gasteiger partial charge in [-0.1, -0.05) is 6.07 Å². The zero-order chi connectivity index (χ0) is 21.8. The molecule has 1 aliphatic carbocycles. The van der Waals surface area contributed by atoms with Crippen molar-refractivity contribution in [3.63, 3.8) is 0 Å². The maximum Gasteiger partial charge on any atom is 0.224 e. The first-order chi connectivity index (χ1) is 15.1. The van der Waals surface area contributed by atoms with Crippen LogP contribution in [0.3, 0.4) is 0 Å². The number of ether oxygens (including phenoxy) is 3. The van der Waals surface area contributed by atoms with E-state index in [1.165, 1.54) is 0 Å². The SMILES string of the molecule is COc1ccc(-n2ncc3c2CCCC3NC(=O)Cc2ccc(OC)c(OC)c2)cc1. The van der Waals surface area contributed by atoms with Gasteiger partial charge in [0.25, 0.3) is 0 Å². The molecule has 3 aromatic rings. The van der Waals surface area contributed by atoms with E-state index in [9.17, 15) is 4.79 Å². The summed E-state index contributed by atoms with van der Waals surface area (Å²) in [6.07, 6.45) is 4.98. The Hall–Kier alpha value is -3.48. The van der Waals surface area contributed by atoms with Crippen molar-refractivity contribution in [3.05, 3.63) is 65.5 Å². The van der Waals surface area contributed by atoms with Gasteiger partial charge in [-0.25, -0.2) is 4.68 Å². The summed E-state index contributed by atoms with van der Waals surface area (Å²) in [5.74, 6) is 2.05. The van der Waals surface area contributed by atoms with Gasteiger partial charge in [-0.2, -0.15) is 5.10 Å². The van der Waals surface area contributed by atoms with Gasteiger partial charge in [-0.3, -0.25) is 4.79 Å². The number of hydrogen-bond acceptors (Lipinski definition) is 5. The lowest BCUT2D eigenvalue weighted by Gasteiger charge is -2.24. The van der Waals surface area contributed by atoms with Crippen LogP contribution < -0.4 is 19.5 Å². The average molecular weight is 421 g/mol. The minimum Gasteiger partial charge on any atom is -0.497 e. The molecule has 7 heteroatoms. The third kappa shape index (κ3) is 4.35. The maximum atomic E-state index is 12.8. The molecule has 1 aliphatic rings. The first kappa shape index (κ1) is 20.8. The highest BCUT2D eigenvalue weighted by Gasteiger charge is 2.26. The van der Waals surface area contributed by atoms with E-state index in [1.807, 2.05) is 53.3 Å². The van der Waals surface area contributed by atoms with Gasteiger partial charge in [0.15, 0.2) is 11.5 Å². The highest BCUT2D eigenvalue weighted by Crippen LogP contribution is 2.32. The zero-order valence-corrected chi connectivity index (χ0v) is 18.1. The molecule has 0 bridgehead atoms. The number of carbonyl (C=O) groups excluding carboxylic acids is 1. The first-order valence-electron chi connectivity index (χ1n) is 10.3. The van der Waals surface area contributed by atoms with E-state index in [1.54, 1.807) is 21.3 Å². The Bertz CT molecular complexity index is 1060. The molecule has 0 radical (unpaired) electrons. The van der Waals surface area contributed by atoms with Gasteiger partial charge in [-0.15, -0.1) is 0 Å². The smallest absolute Gasteiger partial charge is 0.224 e. The van der Waals surface area contributed by atoms with Crippen LogP contribution in [0.15, 0.2) is 48.7 Å². The van der Waals surface area contributed by atoms with E-state index < -0.39 is 0 Å². The Morgan fingerprint density at radius 2 is 1.84 bits per heavy atom. The van der Waals surface area contributed by atoms with E-state index in [2.05, 4.69) is 10.4 Å². The first-order valence-corrected chi connectivity index (χ1v) is 10.3. The van der Waals surface area contributed by atoms with Crippen LogP contribution in [-0.2, 0) is 17.6 Å². The largest absolute Gasteiger partial charge is 0.497 e. The van der Waals surface area contributed by atoms with Gasteiger partial charge in [0.1, 0.15) is 5.75 Å². The summed E-state index contributed by atoms with van der Waals surface area (Å²) in [6.45, 7) is 0. The molecule has 1 unspecified atom stereocenters. The van der Waals surface area contributed by atoms with E-state index in [-0.39, 0.29) is 18.4 Å². The Labute approximate surface area is 181 Å². The highest BCUT2D eigenvalue weighted by molar-refractivity contribution is 5.79. The van der Waals surface area contributed by atoms with Crippen LogP contribution in [0.5, 0.6) is 17.2 Å². The number of rotatable bonds is 7. The molecule has 0 saturated heterocycles. The number of hydrogen-bond donors (Lipinski definition) is 1. The molecule has 0 aliphatic heterocycles. The second kappa shape index (κ2) is 9.12. The molecule has 1 aromatic heterocycles. The molecular weight excluding hydrogens is 394 g/mol. The normalized spacial score (nSPS) is 15.1. The van der Waals surface area contributed by atoms with Gasteiger partial charge >= 0.3 is 0 Å². The fourth-order valence-corrected chi connectivity index (χ4v) is 4.07. The van der Waals surface area contributed by atoms with Crippen molar-refractivity contribution in [2.45, 2.75) is 31.7 Å². The summed E-state index contributed by atoms with van der Waals surface area (Å²) in [5.41, 5.74) is 4.09. The summed E-state index contributed by atoms with van der Waals surface area (Å²) in [4.78, 5) is 12.8. The van der Waals surface area contributed by atoms with Crippen molar-refractivity contribution in [2.75, 3.05) is 21.3 Å². The monoisotopic (exact) mass is 421 g/mol. The molecule has 1 N–H and O–H groups in total. The molecule has 0 spiro atoms. The Balaban J connectivity index is 1.48. The van der Waals surface area contributed by atoms with Crippen LogP contribution in [0.1, 0.15) is 35.7 Å². The van der Waals surface area contributed by atoms with Crippen molar-refractivity contribution < 1.29 is 19.0 Å². The molecule has 7 nitrogen and oxygen atoms in total. The fraction of sp³-hybridized carbons (Fsp3) is 0.333. The van der Waals surface area contributed by atoms with Crippen molar-refractivity contribution >= 4 is 5.91 Å². The number of amides is 1. The van der Waals surface area contributed by atoms with Gasteiger partial charge in [0.2, 0.25) is 5.91 Å². The van der Waals surface area contributed by atoms with Gasteiger partial charge in [-0.05, 0) is 61.2 Å². The molecule has 0 saturated carbocycles. The fourth-order valence-electron chi connectivity index (χ4n) is 4.07. The second-order valence-electron chi connectivity index (χ2n) is 7.53. The number of benzene rings is 2. The van der Waals surface area contributed by atoms with Crippen LogP contribution >= 0.6 is 0 Å². The Morgan fingerprint density at radius 3 is 2.55 bits per heavy atom. The topological polar surface area (TPSA) is 74.6 Å². The van der Waals surface area contributed by atoms with E-state index in [0.29, 0.717) is 11.5 Å². The van der Waals surface area contributed by atoms with Gasteiger partial charge < -0.3 is 19.5 Å². The third-order valence-corrected chi connectivity index (χ3v) is 5.65. The van der Waals surface area contributed by atoms with Crippen molar-refractivity contribution in [2.24, 2.45) is 0 Å². The lowest BCUT2D eigenvalue weighted by atomic mass is 9.92. The molecule has 2 aromatic carbocycles. The minimum atomic E-state index is -0.0385. The summed E-state index contributed by atoms with van der Waals surface area (Å²) >= 11 is 0. The summed E-state index contributed by atoms with van der Waals surface area (Å²) in [6, 6.07) is 13.3. The number of carbonyl (C=O) groups is 1. The molecular formula is C24H27N3O4. The van der Waals surface area contributed by atoms with E-state index in [4.69, 9.17) is 14.2 Å². The quantitative estimate of drug-likeness (QED) is 0.631. The average Bonchev–Trinajstić information content (AvgIpc) is 3.24. The third-order valence-electron chi connectivity index (χ3n) is 5.65. The van der Waals surface area contributed by atoms with E-state index in [0.717, 1.165) is 47.5 Å². The highest BCUT2D eigenvalue weighted by atomic mass is 16.5. The molecule has 1 heterocycles. The van der Waals surface area contributed by atoms with Crippen LogP contribution in [0, 0.1) is 0 Å². The van der Waals surface area contributed by atoms with Crippen LogP contribution in [0.25, 0.3) is 5.69 Å². The minimum absolute atomic E-state index is 0.0257. The van der Waals surface area contributed by atoms with Crippen molar-refractivity contribution in [3.8, 4) is 22.9 Å². The summed E-state index contributed by atoms with van der Waals surface area (Å²) in [7, 11) is 4.84. The number of nitrogens with one attached hydrogen (secondary N) is 1. The zero-order valence-electron chi connectivity index (χ0n) is 18.1. The second-order valence-corrected chi connectivity index (χ2v) is 7.53. The summed E-state index contributed by atoms with van der Waals surface area (Å²) in [5, 5.41) is 7.79. The Morgan fingerprint density at radius 1 is 1.06 bits per heavy atom. The summed E-state index contributed by atoms with van der Waals surface area (Å²) < 4.78 is 17.8. The maximum absolute atomic E-state index is 12.8. The Kier molecular flexibility index (Phi) is 6.11. The predicted octanol–water partition coefficient (Wildman–Crippen LogP) is 3.63. The number of aromatic nitrogens is 2. The van der Waals surface area contributed by atoms with Crippen molar-refractivity contribution in [1.82, 2.24) is 15.1 Å². The van der Waals surface area contributed by atoms with Crippen LogP contribution in [0.4, 0.5) is 0 Å². The number of methoxy groups -OCH3 is 3. The van der Waals surface area contributed by atoms with Gasteiger partial charge in [0, 0.05) is 11.3 Å². The molecule has 31 heavy (non-hydrogen) atoms. The number of nitrogens with zero attached hydrogens (tertiary/aromatic N) is 2. The van der Waals surface area contributed by atoms with Crippen LogP contribution in [0.2, 0.25) is 0 Å². The molecule has 162 valence electrons. The number of fused-ring (bicyclic) bond motifs is 1. The van der Waals surface area contributed by atoms with Crippen molar-refractivity contribution in [1.29, 1.82) is 0 Å². The van der Waals surface area contributed by atoms with Gasteiger partial charge in [0.05, 0.1) is 45.7 Å². The molecule has 1 amide bonds. The molecule has 0 fully saturated rings. The predicted molar refractivity (Wildman–Crippen MR) is 117 cm³/mol. The standard InChI is InChI=1S/C24H27N3O4/c1-29-18-10-8-17(9-11-18)27-21-6-4-5-20(19(21)15-25-27)26-24(28)14-16-7-12-22(30-2)23(13-16)31-3/h7-13,15,20H,4-6,14H2,1-3H3,(H,26,28). The lowest BCUT2D eigenvalue weighted by Crippen LogP contribution is -2.32. The lowest BCUT2D eigenvalue weighted by molar-refractivity contribution is -0.121. The van der Waals surface area contributed by atoms with Crippen LogP contribution in [-0.4, -0.2) is 37.0 Å². The molecule has 4 rings (SSSR count). The molecule has 1 atom stereocenters. The van der Waals surface area contributed by atoms with E-state index >= 15 is 0 Å².